The Kier molecular flexibility index (Phi) is 4.22. The molecule has 0 aromatic carbocycles. The molecule has 0 amide bonds. The van der Waals surface area contributed by atoms with E-state index in [1.807, 2.05) is 0 Å². The maximum absolute atomic E-state index is 5.81. The second kappa shape index (κ2) is 5.56. The van der Waals surface area contributed by atoms with Gasteiger partial charge in [-0.2, -0.15) is 5.10 Å². The number of ether oxygens (including phenoxy) is 1. The highest BCUT2D eigenvalue weighted by atomic mass is 79.9. The van der Waals surface area contributed by atoms with E-state index in [1.54, 1.807) is 4.68 Å². The van der Waals surface area contributed by atoms with Crippen LogP contribution in [0.25, 0.3) is 11.0 Å². The summed E-state index contributed by atoms with van der Waals surface area (Å²) in [6, 6.07) is 1.13. The average molecular weight is 344 g/mol. The summed E-state index contributed by atoms with van der Waals surface area (Å²) in [5.74, 6) is 0.422. The molecule has 0 saturated heterocycles. The molecule has 0 saturated carbocycles. The Bertz CT molecular complexity index is 580. The smallest absolute Gasteiger partial charge is 0.166 e. The number of nitrogens with two attached hydrogens (primary N) is 1. The molecular formula is C11H18BrN5OSi. The van der Waals surface area contributed by atoms with Crippen LogP contribution in [-0.2, 0) is 11.5 Å². The minimum absolute atomic E-state index is 0.378. The van der Waals surface area contributed by atoms with E-state index < -0.39 is 8.07 Å². The fraction of sp³-hybridized carbons (Fsp3) is 0.545. The number of nitrogens with zero attached hydrogens (tertiary/aromatic N) is 4. The molecule has 2 heterocycles. The van der Waals surface area contributed by atoms with Crippen LogP contribution in [0.4, 0.5) is 5.82 Å². The summed E-state index contributed by atoms with van der Waals surface area (Å²) in [4.78, 5) is 8.16. The number of nitrogen functional groups attached to an aromatic ring is 1. The molecular weight excluding hydrogens is 326 g/mol. The first-order valence-electron chi connectivity index (χ1n) is 6.09. The highest BCUT2D eigenvalue weighted by Gasteiger charge is 2.15. The van der Waals surface area contributed by atoms with Gasteiger partial charge in [0.25, 0.3) is 0 Å². The molecule has 104 valence electrons. The zero-order chi connectivity index (χ0) is 14.0. The summed E-state index contributed by atoms with van der Waals surface area (Å²) in [7, 11) is -1.06. The van der Waals surface area contributed by atoms with E-state index in [2.05, 4.69) is 50.6 Å². The third-order valence-electron chi connectivity index (χ3n) is 2.73. The second-order valence-electron chi connectivity index (χ2n) is 5.60. The molecule has 2 aromatic heterocycles. The van der Waals surface area contributed by atoms with Gasteiger partial charge < -0.3 is 10.5 Å². The van der Waals surface area contributed by atoms with E-state index in [9.17, 15) is 0 Å². The van der Waals surface area contributed by atoms with Crippen molar-refractivity contribution in [3.63, 3.8) is 0 Å². The molecule has 2 N–H and O–H groups in total. The van der Waals surface area contributed by atoms with Crippen LogP contribution < -0.4 is 5.73 Å². The van der Waals surface area contributed by atoms with E-state index in [0.29, 0.717) is 22.8 Å². The number of anilines is 1. The van der Waals surface area contributed by atoms with Crippen LogP contribution >= 0.6 is 15.9 Å². The number of halogens is 1. The molecule has 6 nitrogen and oxygen atoms in total. The van der Waals surface area contributed by atoms with Crippen molar-refractivity contribution in [1.29, 1.82) is 0 Å². The molecule has 0 aliphatic heterocycles. The topological polar surface area (TPSA) is 78.9 Å². The van der Waals surface area contributed by atoms with Gasteiger partial charge in [0.05, 0.1) is 5.39 Å². The van der Waals surface area contributed by atoms with Crippen LogP contribution in [0.5, 0.6) is 0 Å². The number of hydrogen-bond donors (Lipinski definition) is 1. The highest BCUT2D eigenvalue weighted by molar-refractivity contribution is 9.10. The predicted octanol–water partition coefficient (Wildman–Crippen LogP) is 2.48. The van der Waals surface area contributed by atoms with Crippen molar-refractivity contribution in [1.82, 2.24) is 19.7 Å². The van der Waals surface area contributed by atoms with Crippen LogP contribution in [0.1, 0.15) is 0 Å². The van der Waals surface area contributed by atoms with Gasteiger partial charge in [0.1, 0.15) is 23.5 Å². The summed E-state index contributed by atoms with van der Waals surface area (Å²) in [6.07, 6.45) is 1.43. The van der Waals surface area contributed by atoms with Crippen molar-refractivity contribution in [2.75, 3.05) is 12.3 Å². The molecule has 2 rings (SSSR count). The number of hydrogen-bond acceptors (Lipinski definition) is 5. The van der Waals surface area contributed by atoms with Crippen molar-refractivity contribution in [2.45, 2.75) is 32.4 Å². The Morgan fingerprint density at radius 1 is 1.37 bits per heavy atom. The van der Waals surface area contributed by atoms with Gasteiger partial charge >= 0.3 is 0 Å². The number of aromatic nitrogens is 4. The van der Waals surface area contributed by atoms with Crippen LogP contribution in [0.15, 0.2) is 10.9 Å². The third kappa shape index (κ3) is 3.52. The van der Waals surface area contributed by atoms with Crippen LogP contribution in [0.3, 0.4) is 0 Å². The van der Waals surface area contributed by atoms with E-state index >= 15 is 0 Å². The van der Waals surface area contributed by atoms with Gasteiger partial charge in [0.15, 0.2) is 5.65 Å². The quantitative estimate of drug-likeness (QED) is 0.666. The molecule has 0 aliphatic rings. The largest absolute Gasteiger partial charge is 0.383 e. The second-order valence-corrected chi connectivity index (χ2v) is 12.0. The average Bonchev–Trinajstić information content (AvgIpc) is 2.62. The summed E-state index contributed by atoms with van der Waals surface area (Å²) >= 11 is 3.37. The fourth-order valence-corrected chi connectivity index (χ4v) is 2.93. The molecule has 8 heteroatoms. The van der Waals surface area contributed by atoms with E-state index in [0.717, 1.165) is 18.0 Å². The van der Waals surface area contributed by atoms with Gasteiger partial charge in [0.2, 0.25) is 0 Å². The Morgan fingerprint density at radius 3 is 2.79 bits per heavy atom. The van der Waals surface area contributed by atoms with Crippen LogP contribution in [0, 0.1) is 0 Å². The minimum atomic E-state index is -1.06. The third-order valence-corrected chi connectivity index (χ3v) is 4.99. The molecule has 19 heavy (non-hydrogen) atoms. The van der Waals surface area contributed by atoms with E-state index in [-0.39, 0.29) is 0 Å². The van der Waals surface area contributed by atoms with Crippen molar-refractivity contribution in [3.05, 3.63) is 10.9 Å². The summed E-state index contributed by atoms with van der Waals surface area (Å²) in [6.45, 7) is 8.09. The lowest BCUT2D eigenvalue weighted by molar-refractivity contribution is 0.0810. The summed E-state index contributed by atoms with van der Waals surface area (Å²) in [5.41, 5.74) is 6.50. The summed E-state index contributed by atoms with van der Waals surface area (Å²) < 4.78 is 8.01. The zero-order valence-corrected chi connectivity index (χ0v) is 13.9. The lowest BCUT2D eigenvalue weighted by Crippen LogP contribution is -2.22. The molecule has 0 atom stereocenters. The SMILES string of the molecule is C[Si](C)(C)CCOCn1nc(Br)c2c(N)ncnc21. The maximum Gasteiger partial charge on any atom is 0.166 e. The number of fused-ring (bicyclic) bond motifs is 1. The lowest BCUT2D eigenvalue weighted by Gasteiger charge is -2.15. The van der Waals surface area contributed by atoms with Crippen molar-refractivity contribution < 1.29 is 4.74 Å². The molecule has 0 radical (unpaired) electrons. The first kappa shape index (κ1) is 14.4. The van der Waals surface area contributed by atoms with Gasteiger partial charge in [-0.3, -0.25) is 0 Å². The first-order chi connectivity index (χ1) is 8.88. The first-order valence-corrected chi connectivity index (χ1v) is 10.6. The Balaban J connectivity index is 2.08. The molecule has 2 aromatic rings. The lowest BCUT2D eigenvalue weighted by atomic mass is 10.4. The molecule has 0 spiro atoms. The van der Waals surface area contributed by atoms with Gasteiger partial charge in [-0.15, -0.1) is 0 Å². The van der Waals surface area contributed by atoms with Crippen molar-refractivity contribution in [3.8, 4) is 0 Å². The fourth-order valence-electron chi connectivity index (χ4n) is 1.61. The standard InChI is InChI=1S/C11H18BrN5OSi/c1-19(2,3)5-4-18-7-17-11-8(9(12)16-17)10(13)14-6-15-11/h6H,4-5,7H2,1-3H3,(H2,13,14,15). The van der Waals surface area contributed by atoms with Crippen molar-refractivity contribution in [2.24, 2.45) is 0 Å². The van der Waals surface area contributed by atoms with Gasteiger partial charge in [-0.05, 0) is 22.0 Å². The summed E-state index contributed by atoms with van der Waals surface area (Å²) in [5, 5.41) is 5.05. The molecule has 0 fully saturated rings. The Labute approximate surface area is 121 Å². The molecule has 0 unspecified atom stereocenters. The monoisotopic (exact) mass is 343 g/mol. The van der Waals surface area contributed by atoms with Crippen LogP contribution in [0.2, 0.25) is 25.7 Å². The zero-order valence-electron chi connectivity index (χ0n) is 11.4. The minimum Gasteiger partial charge on any atom is -0.383 e. The van der Waals surface area contributed by atoms with E-state index in [4.69, 9.17) is 10.5 Å². The molecule has 0 bridgehead atoms. The Morgan fingerprint density at radius 2 is 2.11 bits per heavy atom. The highest BCUT2D eigenvalue weighted by Crippen LogP contribution is 2.25. The van der Waals surface area contributed by atoms with Crippen LogP contribution in [-0.4, -0.2) is 34.4 Å². The van der Waals surface area contributed by atoms with Crippen molar-refractivity contribution >= 4 is 40.9 Å². The van der Waals surface area contributed by atoms with Gasteiger partial charge in [-0.25, -0.2) is 14.6 Å². The van der Waals surface area contributed by atoms with E-state index in [1.165, 1.54) is 6.33 Å². The van der Waals surface area contributed by atoms with Gasteiger partial charge in [0, 0.05) is 14.7 Å². The molecule has 0 aliphatic carbocycles. The normalized spacial score (nSPS) is 12.2. The predicted molar refractivity (Wildman–Crippen MR) is 81.5 cm³/mol. The van der Waals surface area contributed by atoms with Gasteiger partial charge in [-0.1, -0.05) is 19.6 Å². The Hall–Kier alpha value is -0.993. The maximum atomic E-state index is 5.81. The number of rotatable bonds is 5.